The molecule has 184 valence electrons. The number of carbonyl (C=O) groups is 2. The lowest BCUT2D eigenvalue weighted by atomic mass is 10.1. The van der Waals surface area contributed by atoms with Crippen LogP contribution in [-0.2, 0) is 26.2 Å². The highest BCUT2D eigenvalue weighted by Gasteiger charge is 2.30. The van der Waals surface area contributed by atoms with E-state index in [-0.39, 0.29) is 17.3 Å². The molecule has 3 aromatic carbocycles. The van der Waals surface area contributed by atoms with E-state index in [9.17, 15) is 18.0 Å². The quantitative estimate of drug-likeness (QED) is 0.440. The van der Waals surface area contributed by atoms with E-state index in [1.54, 1.807) is 62.4 Å². The maximum atomic E-state index is 13.8. The van der Waals surface area contributed by atoms with E-state index in [0.717, 1.165) is 9.87 Å². The third kappa shape index (κ3) is 6.91. The van der Waals surface area contributed by atoms with Crippen molar-refractivity contribution in [2.75, 3.05) is 17.2 Å². The molecule has 0 aromatic heterocycles. The second kappa shape index (κ2) is 11.0. The number of nitrogens with one attached hydrogen (secondary N) is 2. The van der Waals surface area contributed by atoms with E-state index in [0.29, 0.717) is 33.1 Å². The minimum atomic E-state index is -4.02. The highest BCUT2D eigenvalue weighted by Crippen LogP contribution is 2.27. The molecule has 0 aliphatic carbocycles. The Morgan fingerprint density at radius 3 is 2.03 bits per heavy atom. The van der Waals surface area contributed by atoms with Crippen LogP contribution in [0.15, 0.2) is 65.6 Å². The largest absolute Gasteiger partial charge is 0.326 e. The summed E-state index contributed by atoms with van der Waals surface area (Å²) in [6.45, 7) is 6.39. The summed E-state index contributed by atoms with van der Waals surface area (Å²) >= 11 is 5.99. The maximum absolute atomic E-state index is 13.8. The van der Waals surface area contributed by atoms with Gasteiger partial charge in [0.05, 0.1) is 11.4 Å². The number of hydrogen-bond donors (Lipinski definition) is 2. The van der Waals surface area contributed by atoms with Crippen LogP contribution in [0.5, 0.6) is 0 Å². The fraction of sp³-hybridized carbons (Fsp3) is 0.231. The summed E-state index contributed by atoms with van der Waals surface area (Å²) in [5, 5.41) is 5.91. The average Bonchev–Trinajstić information content (AvgIpc) is 2.73. The van der Waals surface area contributed by atoms with Crippen molar-refractivity contribution in [2.24, 2.45) is 0 Å². The van der Waals surface area contributed by atoms with Gasteiger partial charge in [0.2, 0.25) is 21.8 Å². The zero-order valence-electron chi connectivity index (χ0n) is 20.1. The van der Waals surface area contributed by atoms with Crippen LogP contribution in [0.25, 0.3) is 0 Å². The van der Waals surface area contributed by atoms with Crippen LogP contribution in [0.3, 0.4) is 0 Å². The third-order valence-corrected chi connectivity index (χ3v) is 7.61. The Balaban J connectivity index is 1.92. The lowest BCUT2D eigenvalue weighted by molar-refractivity contribution is -0.116. The highest BCUT2D eigenvalue weighted by molar-refractivity contribution is 7.89. The van der Waals surface area contributed by atoms with Crippen molar-refractivity contribution in [3.05, 3.63) is 87.9 Å². The number of rotatable bonds is 8. The Morgan fingerprint density at radius 1 is 0.886 bits per heavy atom. The van der Waals surface area contributed by atoms with Gasteiger partial charge in [0.15, 0.2) is 0 Å². The minimum Gasteiger partial charge on any atom is -0.326 e. The molecule has 3 aromatic rings. The van der Waals surface area contributed by atoms with Crippen LogP contribution in [0, 0.1) is 20.8 Å². The molecule has 2 amide bonds. The first-order valence-corrected chi connectivity index (χ1v) is 12.8. The smallest absolute Gasteiger partial charge is 0.244 e. The van der Waals surface area contributed by atoms with Crippen LogP contribution in [0.2, 0.25) is 5.02 Å². The Bertz CT molecular complexity index is 1330. The summed E-state index contributed by atoms with van der Waals surface area (Å²) in [7, 11) is -4.02. The zero-order chi connectivity index (χ0) is 25.8. The van der Waals surface area contributed by atoms with E-state index in [2.05, 4.69) is 10.6 Å². The van der Waals surface area contributed by atoms with Crippen LogP contribution >= 0.6 is 11.6 Å². The Kier molecular flexibility index (Phi) is 8.32. The van der Waals surface area contributed by atoms with Crippen molar-refractivity contribution in [3.8, 4) is 0 Å². The molecule has 0 saturated heterocycles. The number of benzene rings is 3. The predicted molar refractivity (Wildman–Crippen MR) is 139 cm³/mol. The second-order valence-corrected chi connectivity index (χ2v) is 10.7. The normalized spacial score (nSPS) is 11.4. The van der Waals surface area contributed by atoms with Crippen molar-refractivity contribution >= 4 is 44.8 Å². The summed E-state index contributed by atoms with van der Waals surface area (Å²) in [6.07, 6.45) is 0. The van der Waals surface area contributed by atoms with Crippen molar-refractivity contribution < 1.29 is 18.0 Å². The van der Waals surface area contributed by atoms with Crippen molar-refractivity contribution in [1.82, 2.24) is 4.31 Å². The van der Waals surface area contributed by atoms with E-state index in [4.69, 9.17) is 11.6 Å². The molecule has 0 atom stereocenters. The fourth-order valence-electron chi connectivity index (χ4n) is 3.96. The SMILES string of the molecule is CC(=O)Nc1cccc(NC(=O)CN(Cc2ccc(Cl)cc2)S(=O)(=O)c2c(C)cc(C)cc2C)c1. The molecule has 7 nitrogen and oxygen atoms in total. The van der Waals surface area contributed by atoms with E-state index >= 15 is 0 Å². The molecule has 35 heavy (non-hydrogen) atoms. The summed E-state index contributed by atoms with van der Waals surface area (Å²) in [5.74, 6) is -0.748. The lowest BCUT2D eigenvalue weighted by Crippen LogP contribution is -2.38. The summed E-state index contributed by atoms with van der Waals surface area (Å²) in [4.78, 5) is 24.5. The van der Waals surface area contributed by atoms with Crippen molar-refractivity contribution in [1.29, 1.82) is 0 Å². The number of sulfonamides is 1. The Morgan fingerprint density at radius 2 is 1.46 bits per heavy atom. The molecule has 0 unspecified atom stereocenters. The van der Waals surface area contributed by atoms with Gasteiger partial charge in [0.25, 0.3) is 0 Å². The van der Waals surface area contributed by atoms with Gasteiger partial charge in [-0.1, -0.05) is 47.5 Å². The van der Waals surface area contributed by atoms with Gasteiger partial charge in [0, 0.05) is 29.9 Å². The highest BCUT2D eigenvalue weighted by atomic mass is 35.5. The first kappa shape index (κ1) is 26.4. The summed E-state index contributed by atoms with van der Waals surface area (Å²) in [5.41, 5.74) is 3.85. The predicted octanol–water partition coefficient (Wildman–Crippen LogP) is 5.05. The Hall–Kier alpha value is -3.20. The fourth-order valence-corrected chi connectivity index (χ4v) is 5.88. The first-order valence-electron chi connectivity index (χ1n) is 11.0. The maximum Gasteiger partial charge on any atom is 0.244 e. The van der Waals surface area contributed by atoms with Crippen LogP contribution < -0.4 is 10.6 Å². The second-order valence-electron chi connectivity index (χ2n) is 8.44. The van der Waals surface area contributed by atoms with Crippen molar-refractivity contribution in [2.45, 2.75) is 39.1 Å². The average molecular weight is 514 g/mol. The first-order chi connectivity index (χ1) is 16.5. The number of halogens is 1. The topological polar surface area (TPSA) is 95.6 Å². The van der Waals surface area contributed by atoms with Gasteiger partial charge in [0.1, 0.15) is 0 Å². The van der Waals surface area contributed by atoms with Gasteiger partial charge in [-0.15, -0.1) is 0 Å². The lowest BCUT2D eigenvalue weighted by Gasteiger charge is -2.24. The van der Waals surface area contributed by atoms with Crippen LogP contribution in [0.4, 0.5) is 11.4 Å². The zero-order valence-corrected chi connectivity index (χ0v) is 21.6. The molecule has 0 aliphatic rings. The van der Waals surface area contributed by atoms with Gasteiger partial charge in [-0.2, -0.15) is 4.31 Å². The number of hydrogen-bond acceptors (Lipinski definition) is 4. The summed E-state index contributed by atoms with van der Waals surface area (Å²) in [6, 6.07) is 17.1. The van der Waals surface area contributed by atoms with E-state index < -0.39 is 22.5 Å². The van der Waals surface area contributed by atoms with Gasteiger partial charge in [-0.3, -0.25) is 9.59 Å². The third-order valence-electron chi connectivity index (χ3n) is 5.26. The molecule has 0 bridgehead atoms. The van der Waals surface area contributed by atoms with Crippen molar-refractivity contribution in [3.63, 3.8) is 0 Å². The summed E-state index contributed by atoms with van der Waals surface area (Å²) < 4.78 is 28.7. The molecule has 3 rings (SSSR count). The molecule has 0 aliphatic heterocycles. The molecule has 9 heteroatoms. The van der Waals surface area contributed by atoms with Gasteiger partial charge < -0.3 is 10.6 Å². The molecule has 0 fully saturated rings. The molecule has 0 spiro atoms. The van der Waals surface area contributed by atoms with Crippen LogP contribution in [0.1, 0.15) is 29.2 Å². The molecular formula is C26H28ClN3O4S. The number of anilines is 2. The molecule has 0 heterocycles. The number of amides is 2. The molecule has 2 N–H and O–H groups in total. The molecular weight excluding hydrogens is 486 g/mol. The van der Waals surface area contributed by atoms with E-state index in [1.165, 1.54) is 6.92 Å². The number of aryl methyl sites for hydroxylation is 3. The number of carbonyl (C=O) groups excluding carboxylic acids is 2. The molecule has 0 saturated carbocycles. The van der Waals surface area contributed by atoms with Gasteiger partial charge in [-0.05, 0) is 67.8 Å². The van der Waals surface area contributed by atoms with E-state index in [1.807, 2.05) is 19.1 Å². The minimum absolute atomic E-state index is 0.00832. The monoisotopic (exact) mass is 513 g/mol. The standard InChI is InChI=1S/C26H28ClN3O4S/c1-17-12-18(2)26(19(3)13-17)35(33,34)30(15-21-8-10-22(27)11-9-21)16-25(32)29-24-7-5-6-23(14-24)28-20(4)31/h5-14H,15-16H2,1-4H3,(H,28,31)(H,29,32). The van der Waals surface area contributed by atoms with Gasteiger partial charge in [-0.25, -0.2) is 8.42 Å². The number of nitrogens with zero attached hydrogens (tertiary/aromatic N) is 1. The van der Waals surface area contributed by atoms with Gasteiger partial charge >= 0.3 is 0 Å². The Labute approximate surface area is 211 Å². The molecule has 0 radical (unpaired) electrons. The van der Waals surface area contributed by atoms with Crippen LogP contribution in [-0.4, -0.2) is 31.1 Å².